The van der Waals surface area contributed by atoms with Crippen molar-refractivity contribution in [2.45, 2.75) is 12.8 Å². The molecule has 0 spiro atoms. The zero-order chi connectivity index (χ0) is 14.8. The highest BCUT2D eigenvalue weighted by Gasteiger charge is 2.00. The van der Waals surface area contributed by atoms with Crippen LogP contribution < -0.4 is 10.2 Å². The first-order valence-electron chi connectivity index (χ1n) is 6.87. The molecule has 0 aliphatic rings. The van der Waals surface area contributed by atoms with E-state index in [4.69, 9.17) is 4.74 Å². The van der Waals surface area contributed by atoms with Crippen LogP contribution in [0.15, 0.2) is 65.8 Å². The summed E-state index contributed by atoms with van der Waals surface area (Å²) < 4.78 is 5.31. The number of nitrogens with one attached hydrogen (secondary N) is 1. The van der Waals surface area contributed by atoms with Crippen molar-refractivity contribution in [2.75, 3.05) is 6.61 Å². The van der Waals surface area contributed by atoms with Crippen LogP contribution in [0.4, 0.5) is 0 Å². The van der Waals surface area contributed by atoms with Gasteiger partial charge >= 0.3 is 0 Å². The monoisotopic (exact) mass is 282 g/mol. The Kier molecular flexibility index (Phi) is 6.00. The maximum atomic E-state index is 11.5. The average molecular weight is 282 g/mol. The molecule has 2 rings (SSSR count). The van der Waals surface area contributed by atoms with E-state index < -0.39 is 0 Å². The first kappa shape index (κ1) is 14.8. The van der Waals surface area contributed by atoms with Crippen molar-refractivity contribution in [2.24, 2.45) is 5.10 Å². The molecular weight excluding hydrogens is 264 g/mol. The summed E-state index contributed by atoms with van der Waals surface area (Å²) in [6.07, 6.45) is 3.39. The topological polar surface area (TPSA) is 50.7 Å². The normalized spacial score (nSPS) is 10.5. The Labute approximate surface area is 124 Å². The molecule has 0 aliphatic heterocycles. The second kappa shape index (κ2) is 8.53. The van der Waals surface area contributed by atoms with Gasteiger partial charge in [0, 0.05) is 6.21 Å². The van der Waals surface area contributed by atoms with E-state index in [1.807, 2.05) is 36.4 Å². The zero-order valence-electron chi connectivity index (χ0n) is 11.7. The Morgan fingerprint density at radius 1 is 1.05 bits per heavy atom. The van der Waals surface area contributed by atoms with Gasteiger partial charge in [0.05, 0.1) is 0 Å². The molecule has 0 heterocycles. The van der Waals surface area contributed by atoms with E-state index in [9.17, 15) is 4.79 Å². The summed E-state index contributed by atoms with van der Waals surface area (Å²) in [5.74, 6) is 0.399. The first-order valence-corrected chi connectivity index (χ1v) is 6.87. The van der Waals surface area contributed by atoms with Gasteiger partial charge in [0.2, 0.25) is 0 Å². The van der Waals surface area contributed by atoms with Crippen LogP contribution in [0.1, 0.15) is 12.0 Å². The lowest BCUT2D eigenvalue weighted by atomic mass is 10.1. The number of rotatable bonds is 7. The smallest absolute Gasteiger partial charge is 0.277 e. The fourth-order valence-corrected chi connectivity index (χ4v) is 1.76. The quantitative estimate of drug-likeness (QED) is 0.627. The molecule has 1 amide bonds. The van der Waals surface area contributed by atoms with E-state index in [2.05, 4.69) is 22.7 Å². The van der Waals surface area contributed by atoms with Crippen LogP contribution in [0, 0.1) is 0 Å². The Morgan fingerprint density at radius 2 is 1.71 bits per heavy atom. The van der Waals surface area contributed by atoms with E-state index in [0.29, 0.717) is 5.75 Å². The first-order chi connectivity index (χ1) is 10.3. The second-order valence-electron chi connectivity index (χ2n) is 4.47. The van der Waals surface area contributed by atoms with Gasteiger partial charge in [-0.3, -0.25) is 4.79 Å². The Bertz CT molecular complexity index is 568. The van der Waals surface area contributed by atoms with Crippen molar-refractivity contribution in [3.8, 4) is 5.75 Å². The molecule has 0 unspecified atom stereocenters. The van der Waals surface area contributed by atoms with E-state index in [0.717, 1.165) is 12.8 Å². The van der Waals surface area contributed by atoms with Crippen LogP contribution in [-0.4, -0.2) is 18.7 Å². The summed E-state index contributed by atoms with van der Waals surface area (Å²) in [5, 5.41) is 3.89. The fraction of sp³-hybridized carbons (Fsp3) is 0.176. The van der Waals surface area contributed by atoms with Gasteiger partial charge in [-0.15, -0.1) is 0 Å². The lowest BCUT2D eigenvalue weighted by Crippen LogP contribution is -2.24. The van der Waals surface area contributed by atoms with Crippen molar-refractivity contribution in [3.63, 3.8) is 0 Å². The number of hydrazone groups is 1. The molecule has 0 bridgehead atoms. The number of para-hydroxylation sites is 1. The molecule has 0 fully saturated rings. The molecule has 1 N–H and O–H groups in total. The minimum Gasteiger partial charge on any atom is -0.484 e. The van der Waals surface area contributed by atoms with Crippen molar-refractivity contribution in [1.29, 1.82) is 0 Å². The summed E-state index contributed by atoms with van der Waals surface area (Å²) in [4.78, 5) is 11.5. The minimum absolute atomic E-state index is 0.0416. The Hall–Kier alpha value is -2.62. The Morgan fingerprint density at radius 3 is 2.43 bits per heavy atom. The third-order valence-corrected chi connectivity index (χ3v) is 2.80. The second-order valence-corrected chi connectivity index (χ2v) is 4.47. The summed E-state index contributed by atoms with van der Waals surface area (Å²) in [6.45, 7) is -0.0416. The molecule has 2 aromatic rings. The lowest BCUT2D eigenvalue weighted by Gasteiger charge is -2.04. The number of hydrogen-bond donors (Lipinski definition) is 1. The molecule has 108 valence electrons. The lowest BCUT2D eigenvalue weighted by molar-refractivity contribution is -0.123. The van der Waals surface area contributed by atoms with Crippen LogP contribution in [0.25, 0.3) is 0 Å². The van der Waals surface area contributed by atoms with Crippen molar-refractivity contribution < 1.29 is 9.53 Å². The maximum absolute atomic E-state index is 11.5. The van der Waals surface area contributed by atoms with Gasteiger partial charge in [0.1, 0.15) is 5.75 Å². The van der Waals surface area contributed by atoms with Crippen molar-refractivity contribution >= 4 is 12.1 Å². The zero-order valence-corrected chi connectivity index (χ0v) is 11.7. The van der Waals surface area contributed by atoms with Gasteiger partial charge in [-0.2, -0.15) is 5.10 Å². The standard InChI is InChI=1S/C17H18N2O2/c20-17(14-21-16-11-5-2-6-12-16)19-18-13-7-10-15-8-3-1-4-9-15/h1-6,8-9,11-13H,7,10,14H2,(H,19,20). The van der Waals surface area contributed by atoms with Crippen LogP contribution in [0.5, 0.6) is 5.75 Å². The van der Waals surface area contributed by atoms with Gasteiger partial charge in [0.15, 0.2) is 6.61 Å². The van der Waals surface area contributed by atoms with Crippen molar-refractivity contribution in [3.05, 3.63) is 66.2 Å². The van der Waals surface area contributed by atoms with Gasteiger partial charge in [0.25, 0.3) is 5.91 Å². The van der Waals surface area contributed by atoms with Gasteiger partial charge in [-0.25, -0.2) is 5.43 Å². The molecular formula is C17H18N2O2. The highest BCUT2D eigenvalue weighted by Crippen LogP contribution is 2.07. The van der Waals surface area contributed by atoms with Crippen LogP contribution in [0.3, 0.4) is 0 Å². The predicted molar refractivity (Wildman–Crippen MR) is 83.3 cm³/mol. The van der Waals surface area contributed by atoms with Gasteiger partial charge < -0.3 is 4.74 Å². The molecule has 0 atom stereocenters. The molecule has 2 aromatic carbocycles. The van der Waals surface area contributed by atoms with E-state index in [1.165, 1.54) is 5.56 Å². The average Bonchev–Trinajstić information content (AvgIpc) is 2.54. The van der Waals surface area contributed by atoms with Gasteiger partial charge in [-0.1, -0.05) is 48.5 Å². The molecule has 0 saturated carbocycles. The van der Waals surface area contributed by atoms with E-state index in [1.54, 1.807) is 18.3 Å². The summed E-state index contributed by atoms with van der Waals surface area (Å²) in [7, 11) is 0. The SMILES string of the molecule is O=C(COc1ccccc1)NN=CCCc1ccccc1. The van der Waals surface area contributed by atoms with Crippen LogP contribution >= 0.6 is 0 Å². The molecule has 0 aromatic heterocycles. The molecule has 21 heavy (non-hydrogen) atoms. The number of aryl methyl sites for hydroxylation is 1. The summed E-state index contributed by atoms with van der Waals surface area (Å²) in [6, 6.07) is 19.4. The number of benzene rings is 2. The number of nitrogens with zero attached hydrogens (tertiary/aromatic N) is 1. The fourth-order valence-electron chi connectivity index (χ4n) is 1.76. The largest absolute Gasteiger partial charge is 0.484 e. The summed E-state index contributed by atoms with van der Waals surface area (Å²) >= 11 is 0. The molecule has 0 saturated heterocycles. The van der Waals surface area contributed by atoms with Crippen LogP contribution in [0.2, 0.25) is 0 Å². The molecule has 4 heteroatoms. The number of ether oxygens (including phenoxy) is 1. The molecule has 4 nitrogen and oxygen atoms in total. The number of amides is 1. The molecule has 0 radical (unpaired) electrons. The number of carbonyl (C=O) groups is 1. The van der Waals surface area contributed by atoms with Crippen LogP contribution in [-0.2, 0) is 11.2 Å². The number of hydrogen-bond acceptors (Lipinski definition) is 3. The van der Waals surface area contributed by atoms with E-state index in [-0.39, 0.29) is 12.5 Å². The predicted octanol–water partition coefficient (Wildman–Crippen LogP) is 2.80. The Balaban J connectivity index is 1.61. The number of carbonyl (C=O) groups excluding carboxylic acids is 1. The highest BCUT2D eigenvalue weighted by atomic mass is 16.5. The minimum atomic E-state index is -0.269. The van der Waals surface area contributed by atoms with E-state index >= 15 is 0 Å². The third-order valence-electron chi connectivity index (χ3n) is 2.80. The van der Waals surface area contributed by atoms with Crippen molar-refractivity contribution in [1.82, 2.24) is 5.43 Å². The maximum Gasteiger partial charge on any atom is 0.277 e. The summed E-state index contributed by atoms with van der Waals surface area (Å²) in [5.41, 5.74) is 3.70. The highest BCUT2D eigenvalue weighted by molar-refractivity contribution is 5.78. The van der Waals surface area contributed by atoms with Gasteiger partial charge in [-0.05, 0) is 30.5 Å². The molecule has 0 aliphatic carbocycles. The third kappa shape index (κ3) is 5.91.